The van der Waals surface area contributed by atoms with Gasteiger partial charge in [0.05, 0.1) is 6.54 Å². The summed E-state index contributed by atoms with van der Waals surface area (Å²) >= 11 is 0. The van der Waals surface area contributed by atoms with Crippen molar-refractivity contribution >= 4 is 16.8 Å². The third-order valence-corrected chi connectivity index (χ3v) is 4.87. The number of rotatable bonds is 8. The number of nitrogens with zero attached hydrogens (tertiary/aromatic N) is 1. The molecule has 0 amide bonds. The van der Waals surface area contributed by atoms with Crippen LogP contribution in [0.25, 0.3) is 0 Å². The predicted molar refractivity (Wildman–Crippen MR) is 102 cm³/mol. The minimum Gasteiger partial charge on any atom is -0.357 e. The molecule has 0 saturated heterocycles. The van der Waals surface area contributed by atoms with Crippen molar-refractivity contribution in [3.05, 3.63) is 71.3 Å². The molecule has 0 fully saturated rings. The third-order valence-electron chi connectivity index (χ3n) is 3.55. The number of guanidine groups is 1. The van der Waals surface area contributed by atoms with E-state index < -0.39 is 22.4 Å². The number of nitrogens with one attached hydrogen (secondary N) is 2. The first-order chi connectivity index (χ1) is 12.6. The van der Waals surface area contributed by atoms with Crippen LogP contribution in [0.5, 0.6) is 0 Å². The SMILES string of the molecule is CCNC(=NCc1cc(F)ccc1F)NCCS(=O)Cc1ccccc1. The van der Waals surface area contributed by atoms with Crippen LogP contribution in [0.1, 0.15) is 18.1 Å². The van der Waals surface area contributed by atoms with Gasteiger partial charge in [0.15, 0.2) is 5.96 Å². The van der Waals surface area contributed by atoms with Crippen molar-refractivity contribution in [2.75, 3.05) is 18.8 Å². The van der Waals surface area contributed by atoms with E-state index in [0.717, 1.165) is 23.8 Å². The second-order valence-electron chi connectivity index (χ2n) is 5.63. The number of halogens is 2. The average molecular weight is 379 g/mol. The van der Waals surface area contributed by atoms with E-state index in [-0.39, 0.29) is 12.1 Å². The molecule has 0 spiro atoms. The Morgan fingerprint density at radius 1 is 1.12 bits per heavy atom. The van der Waals surface area contributed by atoms with Gasteiger partial charge in [-0.25, -0.2) is 13.8 Å². The van der Waals surface area contributed by atoms with Gasteiger partial charge in [-0.1, -0.05) is 30.3 Å². The summed E-state index contributed by atoms with van der Waals surface area (Å²) in [6, 6.07) is 13.0. The number of hydrogen-bond donors (Lipinski definition) is 2. The Bertz CT molecular complexity index is 754. The van der Waals surface area contributed by atoms with Crippen LogP contribution < -0.4 is 10.6 Å². The van der Waals surface area contributed by atoms with Crippen molar-refractivity contribution in [3.63, 3.8) is 0 Å². The molecule has 140 valence electrons. The van der Waals surface area contributed by atoms with Crippen LogP contribution in [0.4, 0.5) is 8.78 Å². The van der Waals surface area contributed by atoms with Gasteiger partial charge in [-0.2, -0.15) is 0 Å². The molecule has 0 aromatic heterocycles. The molecular formula is C19H23F2N3OS. The lowest BCUT2D eigenvalue weighted by molar-refractivity contribution is 0.585. The number of aliphatic imine (C=N–C) groups is 1. The number of benzene rings is 2. The molecule has 2 aromatic rings. The monoisotopic (exact) mass is 379 g/mol. The molecule has 0 aliphatic carbocycles. The Morgan fingerprint density at radius 2 is 1.88 bits per heavy atom. The smallest absolute Gasteiger partial charge is 0.191 e. The Kier molecular flexibility index (Phi) is 8.21. The first-order valence-electron chi connectivity index (χ1n) is 8.43. The Hall–Kier alpha value is -2.28. The molecule has 26 heavy (non-hydrogen) atoms. The minimum atomic E-state index is -0.993. The van der Waals surface area contributed by atoms with Crippen LogP contribution in [-0.2, 0) is 23.1 Å². The van der Waals surface area contributed by atoms with Crippen molar-refractivity contribution in [1.82, 2.24) is 10.6 Å². The van der Waals surface area contributed by atoms with E-state index in [1.807, 2.05) is 37.3 Å². The summed E-state index contributed by atoms with van der Waals surface area (Å²) in [6.45, 7) is 3.03. The molecule has 4 nitrogen and oxygen atoms in total. The third kappa shape index (κ3) is 6.92. The highest BCUT2D eigenvalue weighted by Crippen LogP contribution is 2.10. The zero-order valence-corrected chi connectivity index (χ0v) is 15.5. The number of hydrogen-bond acceptors (Lipinski definition) is 2. The fraction of sp³-hybridized carbons (Fsp3) is 0.316. The zero-order valence-electron chi connectivity index (χ0n) is 14.7. The maximum atomic E-state index is 13.7. The van der Waals surface area contributed by atoms with Crippen LogP contribution in [0, 0.1) is 11.6 Å². The van der Waals surface area contributed by atoms with Gasteiger partial charge in [0, 0.05) is 41.0 Å². The molecule has 0 aliphatic heterocycles. The second-order valence-corrected chi connectivity index (χ2v) is 7.21. The van der Waals surface area contributed by atoms with Crippen molar-refractivity contribution in [2.45, 2.75) is 19.2 Å². The summed E-state index contributed by atoms with van der Waals surface area (Å²) in [5, 5.41) is 6.11. The standard InChI is InChI=1S/C19H23F2N3OS/c1-2-22-19(24-13-16-12-17(20)8-9-18(16)21)23-10-11-26(25)14-15-6-4-3-5-7-15/h3-9,12H,2,10-11,13-14H2,1H3,(H2,22,23,24). The first kappa shape index (κ1) is 20.0. The highest BCUT2D eigenvalue weighted by atomic mass is 32.2. The summed E-state index contributed by atoms with van der Waals surface area (Å²) in [5.41, 5.74) is 1.22. The van der Waals surface area contributed by atoms with E-state index in [2.05, 4.69) is 15.6 Å². The van der Waals surface area contributed by atoms with Crippen LogP contribution in [0.15, 0.2) is 53.5 Å². The van der Waals surface area contributed by atoms with Crippen molar-refractivity contribution in [2.24, 2.45) is 4.99 Å². The molecule has 0 radical (unpaired) electrons. The average Bonchev–Trinajstić information content (AvgIpc) is 2.63. The summed E-state index contributed by atoms with van der Waals surface area (Å²) in [4.78, 5) is 4.26. The minimum absolute atomic E-state index is 0.0199. The van der Waals surface area contributed by atoms with Gasteiger partial charge in [0.2, 0.25) is 0 Å². The van der Waals surface area contributed by atoms with Crippen LogP contribution in [-0.4, -0.2) is 29.0 Å². The molecular weight excluding hydrogens is 356 g/mol. The summed E-state index contributed by atoms with van der Waals surface area (Å²) in [7, 11) is -0.993. The molecule has 1 unspecified atom stereocenters. The van der Waals surface area contributed by atoms with Gasteiger partial charge in [-0.05, 0) is 30.7 Å². The molecule has 0 saturated carbocycles. The maximum Gasteiger partial charge on any atom is 0.191 e. The van der Waals surface area contributed by atoms with E-state index >= 15 is 0 Å². The van der Waals surface area contributed by atoms with E-state index in [1.54, 1.807) is 0 Å². The molecule has 0 heterocycles. The second kappa shape index (κ2) is 10.7. The zero-order chi connectivity index (χ0) is 18.8. The van der Waals surface area contributed by atoms with Gasteiger partial charge < -0.3 is 10.6 Å². The summed E-state index contributed by atoms with van der Waals surface area (Å²) in [5.74, 6) is 0.465. The van der Waals surface area contributed by atoms with Crippen molar-refractivity contribution in [1.29, 1.82) is 0 Å². The molecule has 2 rings (SSSR count). The summed E-state index contributed by atoms with van der Waals surface area (Å²) < 4.78 is 39.0. The highest BCUT2D eigenvalue weighted by Gasteiger charge is 2.05. The normalized spacial score (nSPS) is 12.7. The fourth-order valence-electron chi connectivity index (χ4n) is 2.29. The van der Waals surface area contributed by atoms with Crippen molar-refractivity contribution in [3.8, 4) is 0 Å². The topological polar surface area (TPSA) is 53.5 Å². The lowest BCUT2D eigenvalue weighted by Gasteiger charge is -2.11. The first-order valence-corrected chi connectivity index (χ1v) is 9.92. The quantitative estimate of drug-likeness (QED) is 0.548. The molecule has 2 aromatic carbocycles. The maximum absolute atomic E-state index is 13.7. The van der Waals surface area contributed by atoms with Crippen LogP contribution in [0.3, 0.4) is 0 Å². The van der Waals surface area contributed by atoms with Gasteiger partial charge in [-0.15, -0.1) is 0 Å². The molecule has 2 N–H and O–H groups in total. The lowest BCUT2D eigenvalue weighted by atomic mass is 10.2. The van der Waals surface area contributed by atoms with E-state index in [4.69, 9.17) is 0 Å². The van der Waals surface area contributed by atoms with Crippen LogP contribution in [0.2, 0.25) is 0 Å². The van der Waals surface area contributed by atoms with Gasteiger partial charge in [-0.3, -0.25) is 4.21 Å². The van der Waals surface area contributed by atoms with Crippen LogP contribution >= 0.6 is 0 Å². The van der Waals surface area contributed by atoms with E-state index in [1.165, 1.54) is 0 Å². The van der Waals surface area contributed by atoms with E-state index in [0.29, 0.717) is 30.6 Å². The summed E-state index contributed by atoms with van der Waals surface area (Å²) in [6.07, 6.45) is 0. The lowest BCUT2D eigenvalue weighted by Crippen LogP contribution is -2.39. The fourth-order valence-corrected chi connectivity index (χ4v) is 3.32. The molecule has 0 aliphatic rings. The van der Waals surface area contributed by atoms with E-state index in [9.17, 15) is 13.0 Å². The Morgan fingerprint density at radius 3 is 2.62 bits per heavy atom. The van der Waals surface area contributed by atoms with Gasteiger partial charge >= 0.3 is 0 Å². The largest absolute Gasteiger partial charge is 0.357 e. The van der Waals surface area contributed by atoms with Gasteiger partial charge in [0.1, 0.15) is 11.6 Å². The van der Waals surface area contributed by atoms with Gasteiger partial charge in [0.25, 0.3) is 0 Å². The Labute approximate surface area is 155 Å². The Balaban J connectivity index is 1.85. The highest BCUT2D eigenvalue weighted by molar-refractivity contribution is 7.84. The molecule has 0 bridgehead atoms. The predicted octanol–water partition coefficient (Wildman–Crippen LogP) is 2.97. The molecule has 1 atom stereocenters. The van der Waals surface area contributed by atoms with Crippen molar-refractivity contribution < 1.29 is 13.0 Å². The molecule has 7 heteroatoms.